The number of ether oxygens (including phenoxy) is 1. The quantitative estimate of drug-likeness (QED) is 0.627. The Morgan fingerprint density at radius 1 is 1.38 bits per heavy atom. The number of methoxy groups -OCH3 is 1. The number of thiophene rings is 1. The highest BCUT2D eigenvalue weighted by Gasteiger charge is 2.12. The first-order valence-corrected chi connectivity index (χ1v) is 7.94. The summed E-state index contributed by atoms with van der Waals surface area (Å²) in [5.41, 5.74) is 3.57. The molecule has 0 radical (unpaired) electrons. The van der Waals surface area contributed by atoms with Crippen LogP contribution >= 0.6 is 38.9 Å². The second kappa shape index (κ2) is 7.06. The minimum Gasteiger partial charge on any atom is -0.496 e. The largest absolute Gasteiger partial charge is 0.496 e. The van der Waals surface area contributed by atoms with Gasteiger partial charge in [0.05, 0.1) is 27.0 Å². The van der Waals surface area contributed by atoms with Crippen molar-refractivity contribution in [2.45, 2.75) is 6.92 Å². The first-order valence-electron chi connectivity index (χ1n) is 5.95. The number of hydrazone groups is 1. The summed E-state index contributed by atoms with van der Waals surface area (Å²) in [4.78, 5) is 13.1. The number of hydrogen-bond donors (Lipinski definition) is 1. The van der Waals surface area contributed by atoms with E-state index in [2.05, 4.69) is 26.5 Å². The molecule has 0 spiro atoms. The fraction of sp³-hybridized carbons (Fsp3) is 0.143. The van der Waals surface area contributed by atoms with Crippen LogP contribution < -0.4 is 10.2 Å². The molecule has 1 heterocycles. The first kappa shape index (κ1) is 16.0. The molecule has 1 aromatic carbocycles. The van der Waals surface area contributed by atoms with Crippen LogP contribution in [0.25, 0.3) is 0 Å². The Kier molecular flexibility index (Phi) is 5.39. The standard InChI is InChI=1S/C14H12BrClN2O2S/c1-8(12-5-6-13(15)21-12)17-18-14(19)10-7-9(16)3-4-11(10)20-2/h3-7H,1-2H3,(H,18,19). The maximum absolute atomic E-state index is 12.2. The molecular formula is C14H12BrClN2O2S. The van der Waals surface area contributed by atoms with Gasteiger partial charge in [0, 0.05) is 5.02 Å². The second-order valence-corrected chi connectivity index (χ2v) is 6.99. The van der Waals surface area contributed by atoms with Crippen molar-refractivity contribution >= 4 is 50.5 Å². The molecule has 0 aliphatic heterocycles. The lowest BCUT2D eigenvalue weighted by atomic mass is 10.2. The molecule has 1 aromatic heterocycles. The number of rotatable bonds is 4. The van der Waals surface area contributed by atoms with Crippen molar-refractivity contribution in [3.63, 3.8) is 0 Å². The number of nitrogens with zero attached hydrogens (tertiary/aromatic N) is 1. The van der Waals surface area contributed by atoms with Crippen LogP contribution in [0.2, 0.25) is 5.02 Å². The first-order chi connectivity index (χ1) is 10.0. The average Bonchev–Trinajstić information content (AvgIpc) is 2.91. The Labute approximate surface area is 139 Å². The summed E-state index contributed by atoms with van der Waals surface area (Å²) < 4.78 is 6.15. The van der Waals surface area contributed by atoms with Crippen molar-refractivity contribution < 1.29 is 9.53 Å². The van der Waals surface area contributed by atoms with Gasteiger partial charge in [0.25, 0.3) is 5.91 Å². The van der Waals surface area contributed by atoms with Gasteiger partial charge in [-0.1, -0.05) is 11.6 Å². The van der Waals surface area contributed by atoms with E-state index in [4.69, 9.17) is 16.3 Å². The molecule has 0 saturated heterocycles. The summed E-state index contributed by atoms with van der Waals surface area (Å²) in [7, 11) is 1.50. The summed E-state index contributed by atoms with van der Waals surface area (Å²) in [5.74, 6) is 0.0768. The summed E-state index contributed by atoms with van der Waals surface area (Å²) in [6.45, 7) is 1.83. The van der Waals surface area contributed by atoms with Gasteiger partial charge in [-0.05, 0) is 53.2 Å². The molecule has 0 fully saturated rings. The van der Waals surface area contributed by atoms with Crippen LogP contribution in [-0.2, 0) is 0 Å². The molecule has 0 saturated carbocycles. The van der Waals surface area contributed by atoms with Crippen LogP contribution in [-0.4, -0.2) is 18.7 Å². The van der Waals surface area contributed by atoms with E-state index in [9.17, 15) is 4.79 Å². The van der Waals surface area contributed by atoms with E-state index in [1.165, 1.54) is 7.11 Å². The Bertz CT molecular complexity index is 700. The Morgan fingerprint density at radius 2 is 2.14 bits per heavy atom. The fourth-order valence-corrected chi connectivity index (χ4v) is 3.12. The van der Waals surface area contributed by atoms with Crippen molar-refractivity contribution in [1.82, 2.24) is 5.43 Å². The van der Waals surface area contributed by atoms with E-state index in [0.717, 1.165) is 14.4 Å². The number of nitrogens with one attached hydrogen (secondary N) is 1. The van der Waals surface area contributed by atoms with E-state index >= 15 is 0 Å². The molecule has 1 amide bonds. The third-order valence-electron chi connectivity index (χ3n) is 2.66. The van der Waals surface area contributed by atoms with Crippen LogP contribution in [0.3, 0.4) is 0 Å². The molecule has 0 aliphatic rings. The monoisotopic (exact) mass is 386 g/mol. The maximum atomic E-state index is 12.2. The Hall–Kier alpha value is -1.37. The summed E-state index contributed by atoms with van der Waals surface area (Å²) >= 11 is 10.8. The van der Waals surface area contributed by atoms with E-state index in [1.807, 2.05) is 19.1 Å². The molecule has 110 valence electrons. The van der Waals surface area contributed by atoms with E-state index < -0.39 is 0 Å². The number of amides is 1. The second-order valence-electron chi connectivity index (χ2n) is 4.09. The molecule has 0 unspecified atom stereocenters. The molecule has 0 atom stereocenters. The number of carbonyl (C=O) groups excluding carboxylic acids is 1. The van der Waals surface area contributed by atoms with Gasteiger partial charge in [-0.3, -0.25) is 4.79 Å². The lowest BCUT2D eigenvalue weighted by Gasteiger charge is -2.07. The van der Waals surface area contributed by atoms with Crippen molar-refractivity contribution in [2.24, 2.45) is 5.10 Å². The van der Waals surface area contributed by atoms with Gasteiger partial charge >= 0.3 is 0 Å². The highest BCUT2D eigenvalue weighted by Crippen LogP contribution is 2.23. The van der Waals surface area contributed by atoms with Crippen molar-refractivity contribution in [3.8, 4) is 5.75 Å². The Balaban J connectivity index is 2.17. The van der Waals surface area contributed by atoms with Crippen molar-refractivity contribution in [2.75, 3.05) is 7.11 Å². The Morgan fingerprint density at radius 3 is 2.76 bits per heavy atom. The zero-order chi connectivity index (χ0) is 15.4. The van der Waals surface area contributed by atoms with Crippen LogP contribution in [0.4, 0.5) is 0 Å². The van der Waals surface area contributed by atoms with Gasteiger partial charge in [0.1, 0.15) is 5.75 Å². The van der Waals surface area contributed by atoms with Gasteiger partial charge in [0.2, 0.25) is 0 Å². The molecule has 2 aromatic rings. The van der Waals surface area contributed by atoms with Crippen molar-refractivity contribution in [1.29, 1.82) is 0 Å². The molecule has 2 rings (SSSR count). The highest BCUT2D eigenvalue weighted by molar-refractivity contribution is 9.11. The number of carbonyl (C=O) groups is 1. The lowest BCUT2D eigenvalue weighted by Crippen LogP contribution is -2.19. The predicted molar refractivity (Wildman–Crippen MR) is 89.7 cm³/mol. The molecule has 0 aliphatic carbocycles. The SMILES string of the molecule is COc1ccc(Cl)cc1C(=O)NN=C(C)c1ccc(Br)s1. The minimum absolute atomic E-state index is 0.342. The number of hydrogen-bond acceptors (Lipinski definition) is 4. The van der Waals surface area contributed by atoms with Gasteiger partial charge in [-0.2, -0.15) is 5.10 Å². The van der Waals surface area contributed by atoms with Crippen molar-refractivity contribution in [3.05, 3.63) is 49.6 Å². The molecule has 7 heteroatoms. The molecule has 0 bridgehead atoms. The zero-order valence-corrected chi connectivity index (χ0v) is 14.5. The molecular weight excluding hydrogens is 376 g/mol. The third-order valence-corrected chi connectivity index (χ3v) is 4.63. The zero-order valence-electron chi connectivity index (χ0n) is 11.3. The third kappa shape index (κ3) is 4.06. The highest BCUT2D eigenvalue weighted by atomic mass is 79.9. The van der Waals surface area contributed by atoms with Crippen LogP contribution in [0.5, 0.6) is 5.75 Å². The number of halogens is 2. The van der Waals surface area contributed by atoms with Crippen LogP contribution in [0.15, 0.2) is 39.2 Å². The van der Waals surface area contributed by atoms with Gasteiger partial charge < -0.3 is 4.74 Å². The summed E-state index contributed by atoms with van der Waals surface area (Å²) in [6.07, 6.45) is 0. The van der Waals surface area contributed by atoms with E-state index in [0.29, 0.717) is 16.3 Å². The topological polar surface area (TPSA) is 50.7 Å². The molecule has 4 nitrogen and oxygen atoms in total. The van der Waals surface area contributed by atoms with Crippen LogP contribution in [0, 0.1) is 0 Å². The number of benzene rings is 1. The van der Waals surface area contributed by atoms with E-state index in [1.54, 1.807) is 29.5 Å². The summed E-state index contributed by atoms with van der Waals surface area (Å²) in [5, 5.41) is 4.56. The summed E-state index contributed by atoms with van der Waals surface area (Å²) in [6, 6.07) is 8.71. The predicted octanol–water partition coefficient (Wildman–Crippen LogP) is 4.33. The maximum Gasteiger partial charge on any atom is 0.275 e. The van der Waals surface area contributed by atoms with Crippen LogP contribution in [0.1, 0.15) is 22.2 Å². The van der Waals surface area contributed by atoms with E-state index in [-0.39, 0.29) is 5.91 Å². The normalized spacial score (nSPS) is 11.3. The fourth-order valence-electron chi connectivity index (χ4n) is 1.62. The molecule has 1 N–H and O–H groups in total. The smallest absolute Gasteiger partial charge is 0.275 e. The van der Waals surface area contributed by atoms with Gasteiger partial charge in [0.15, 0.2) is 0 Å². The van der Waals surface area contributed by atoms with Gasteiger partial charge in [-0.25, -0.2) is 5.43 Å². The minimum atomic E-state index is -0.371. The molecule has 21 heavy (non-hydrogen) atoms. The van der Waals surface area contributed by atoms with Gasteiger partial charge in [-0.15, -0.1) is 11.3 Å². The average molecular weight is 388 g/mol. The lowest BCUT2D eigenvalue weighted by molar-refractivity contribution is 0.0952.